The number of hydrogen-bond acceptors (Lipinski definition) is 4. The van der Waals surface area contributed by atoms with Crippen LogP contribution in [0.4, 0.5) is 5.69 Å². The second-order valence-corrected chi connectivity index (χ2v) is 15.1. The lowest BCUT2D eigenvalue weighted by Gasteiger charge is -2.35. The lowest BCUT2D eigenvalue weighted by atomic mass is 10.0. The Morgan fingerprint density at radius 2 is 1.46 bits per heavy atom. The Morgan fingerprint density at radius 1 is 0.826 bits per heavy atom. The van der Waals surface area contributed by atoms with Gasteiger partial charge in [0.05, 0.1) is 10.6 Å². The molecule has 0 heterocycles. The van der Waals surface area contributed by atoms with Crippen molar-refractivity contribution >= 4 is 62.3 Å². The number of anilines is 1. The molecule has 0 aliphatic heterocycles. The van der Waals surface area contributed by atoms with Crippen molar-refractivity contribution < 1.29 is 18.0 Å². The first kappa shape index (κ1) is 35.3. The van der Waals surface area contributed by atoms with Gasteiger partial charge in [-0.1, -0.05) is 95.5 Å². The van der Waals surface area contributed by atoms with E-state index in [0.717, 1.165) is 15.4 Å². The predicted molar refractivity (Wildman–Crippen MR) is 186 cm³/mol. The van der Waals surface area contributed by atoms with Crippen molar-refractivity contribution in [2.45, 2.75) is 57.1 Å². The third-order valence-electron chi connectivity index (χ3n) is 7.18. The molecular weight excluding hydrogens is 665 g/mol. The summed E-state index contributed by atoms with van der Waals surface area (Å²) >= 11 is 19.2. The predicted octanol–water partition coefficient (Wildman–Crippen LogP) is 7.71. The van der Waals surface area contributed by atoms with Crippen molar-refractivity contribution in [1.29, 1.82) is 0 Å². The molecule has 1 atom stereocenters. The zero-order valence-electron chi connectivity index (χ0n) is 26.0. The van der Waals surface area contributed by atoms with Crippen LogP contribution in [0.2, 0.25) is 15.1 Å². The third kappa shape index (κ3) is 9.04. The van der Waals surface area contributed by atoms with Gasteiger partial charge in [0.15, 0.2) is 0 Å². The van der Waals surface area contributed by atoms with Gasteiger partial charge >= 0.3 is 0 Å². The van der Waals surface area contributed by atoms with E-state index in [-0.39, 0.29) is 23.5 Å². The van der Waals surface area contributed by atoms with E-state index in [1.54, 1.807) is 55.5 Å². The Hall–Kier alpha value is -3.56. The zero-order valence-corrected chi connectivity index (χ0v) is 29.1. The fourth-order valence-corrected chi connectivity index (χ4v) is 6.90. The van der Waals surface area contributed by atoms with Gasteiger partial charge < -0.3 is 10.2 Å². The molecule has 0 spiro atoms. The molecule has 4 aromatic carbocycles. The number of nitrogens with one attached hydrogen (secondary N) is 1. The van der Waals surface area contributed by atoms with Crippen molar-refractivity contribution in [2.75, 3.05) is 10.8 Å². The molecule has 242 valence electrons. The standard InChI is InChI=1S/C35H36Cl3N3O4S/c1-24-15-18-28(21-30(24)37)41(46(44,45)29-13-9-6-10-14-29)23-33(42)40(22-26-16-17-27(36)20-31(26)38)32(34(43)39-35(2,3)4)19-25-11-7-5-8-12-25/h5-18,20-21,32H,19,22-23H2,1-4H3,(H,39,43). The Labute approximate surface area is 286 Å². The van der Waals surface area contributed by atoms with Crippen LogP contribution in [0.15, 0.2) is 102 Å². The summed E-state index contributed by atoms with van der Waals surface area (Å²) in [6.45, 7) is 6.65. The van der Waals surface area contributed by atoms with Crippen molar-refractivity contribution in [3.8, 4) is 0 Å². The quantitative estimate of drug-likeness (QED) is 0.174. The molecule has 0 aromatic heterocycles. The molecular formula is C35H36Cl3N3O4S. The van der Waals surface area contributed by atoms with E-state index in [9.17, 15) is 18.0 Å². The van der Waals surface area contributed by atoms with Crippen LogP contribution in [0.1, 0.15) is 37.5 Å². The van der Waals surface area contributed by atoms with Crippen molar-refractivity contribution in [1.82, 2.24) is 10.2 Å². The lowest BCUT2D eigenvalue weighted by Crippen LogP contribution is -2.56. The molecule has 0 aliphatic carbocycles. The third-order valence-corrected chi connectivity index (χ3v) is 9.96. The van der Waals surface area contributed by atoms with E-state index in [0.29, 0.717) is 20.6 Å². The molecule has 4 rings (SSSR count). The fourth-order valence-electron chi connectivity index (χ4n) is 4.83. The molecule has 0 saturated carbocycles. The van der Waals surface area contributed by atoms with Crippen molar-refractivity contribution in [3.05, 3.63) is 129 Å². The van der Waals surface area contributed by atoms with Gasteiger partial charge in [0.25, 0.3) is 10.0 Å². The molecule has 0 aliphatic rings. The topological polar surface area (TPSA) is 86.8 Å². The molecule has 0 saturated heterocycles. The Balaban J connectivity index is 1.85. The highest BCUT2D eigenvalue weighted by atomic mass is 35.5. The van der Waals surface area contributed by atoms with Crippen LogP contribution in [0.5, 0.6) is 0 Å². The smallest absolute Gasteiger partial charge is 0.264 e. The van der Waals surface area contributed by atoms with Gasteiger partial charge in [0.1, 0.15) is 12.6 Å². The Bertz CT molecular complexity index is 1800. The molecule has 1 unspecified atom stereocenters. The number of sulfonamides is 1. The maximum absolute atomic E-state index is 14.6. The second-order valence-electron chi connectivity index (χ2n) is 12.0. The number of carbonyl (C=O) groups is 2. The summed E-state index contributed by atoms with van der Waals surface area (Å²) in [5, 5.41) is 4.06. The first-order chi connectivity index (χ1) is 21.7. The number of nitrogens with zero attached hydrogens (tertiary/aromatic N) is 2. The highest BCUT2D eigenvalue weighted by Crippen LogP contribution is 2.30. The SMILES string of the molecule is Cc1ccc(N(CC(=O)N(Cc2ccc(Cl)cc2Cl)C(Cc2ccccc2)C(=O)NC(C)(C)C)S(=O)(=O)c2ccccc2)cc1Cl. The van der Waals surface area contributed by atoms with E-state index >= 15 is 0 Å². The van der Waals surface area contributed by atoms with Crippen LogP contribution >= 0.6 is 34.8 Å². The number of amides is 2. The van der Waals surface area contributed by atoms with Crippen LogP contribution in [0, 0.1) is 6.92 Å². The molecule has 0 radical (unpaired) electrons. The molecule has 0 fully saturated rings. The number of halogens is 3. The first-order valence-corrected chi connectivity index (χ1v) is 17.2. The average Bonchev–Trinajstić information content (AvgIpc) is 3.00. The lowest BCUT2D eigenvalue weighted by molar-refractivity contribution is -0.140. The molecule has 1 N–H and O–H groups in total. The van der Waals surface area contributed by atoms with Gasteiger partial charge in [-0.05, 0) is 80.8 Å². The summed E-state index contributed by atoms with van der Waals surface area (Å²) in [7, 11) is -4.25. The van der Waals surface area contributed by atoms with Crippen LogP contribution in [-0.4, -0.2) is 43.3 Å². The van der Waals surface area contributed by atoms with Crippen molar-refractivity contribution in [3.63, 3.8) is 0 Å². The van der Waals surface area contributed by atoms with Gasteiger partial charge in [-0.3, -0.25) is 13.9 Å². The normalized spacial score (nSPS) is 12.3. The van der Waals surface area contributed by atoms with Crippen molar-refractivity contribution in [2.24, 2.45) is 0 Å². The molecule has 4 aromatic rings. The van der Waals surface area contributed by atoms with E-state index in [2.05, 4.69) is 5.32 Å². The van der Waals surface area contributed by atoms with Gasteiger partial charge in [0, 0.05) is 33.6 Å². The summed E-state index contributed by atoms with van der Waals surface area (Å²) in [5.74, 6) is -1.02. The van der Waals surface area contributed by atoms with E-state index in [4.69, 9.17) is 34.8 Å². The number of rotatable bonds is 11. The highest BCUT2D eigenvalue weighted by molar-refractivity contribution is 7.92. The van der Waals surface area contributed by atoms with Gasteiger partial charge in [0.2, 0.25) is 11.8 Å². The Kier molecular flexibility index (Phi) is 11.4. The van der Waals surface area contributed by atoms with E-state index in [1.807, 2.05) is 51.1 Å². The summed E-state index contributed by atoms with van der Waals surface area (Å²) in [6, 6.07) is 25.8. The van der Waals surface area contributed by atoms with Gasteiger partial charge in [-0.15, -0.1) is 0 Å². The summed E-state index contributed by atoms with van der Waals surface area (Å²) in [5.41, 5.74) is 1.69. The number of benzene rings is 4. The number of aryl methyl sites for hydroxylation is 1. The minimum atomic E-state index is -4.25. The van der Waals surface area contributed by atoms with Crippen LogP contribution in [0.25, 0.3) is 0 Å². The maximum atomic E-state index is 14.6. The molecule has 2 amide bonds. The molecule has 46 heavy (non-hydrogen) atoms. The molecule has 0 bridgehead atoms. The number of hydrogen-bond donors (Lipinski definition) is 1. The molecule has 7 nitrogen and oxygen atoms in total. The zero-order chi connectivity index (χ0) is 33.6. The van der Waals surface area contributed by atoms with Gasteiger partial charge in [-0.25, -0.2) is 8.42 Å². The number of carbonyl (C=O) groups excluding carboxylic acids is 2. The van der Waals surface area contributed by atoms with Crippen LogP contribution in [0.3, 0.4) is 0 Å². The second kappa shape index (κ2) is 14.9. The van der Waals surface area contributed by atoms with Crippen LogP contribution in [-0.2, 0) is 32.6 Å². The highest BCUT2D eigenvalue weighted by Gasteiger charge is 2.36. The van der Waals surface area contributed by atoms with E-state index < -0.39 is 40.0 Å². The monoisotopic (exact) mass is 699 g/mol. The largest absolute Gasteiger partial charge is 0.350 e. The average molecular weight is 701 g/mol. The first-order valence-electron chi connectivity index (χ1n) is 14.6. The Morgan fingerprint density at radius 3 is 2.04 bits per heavy atom. The minimum Gasteiger partial charge on any atom is -0.350 e. The van der Waals surface area contributed by atoms with E-state index in [1.165, 1.54) is 23.1 Å². The molecule has 11 heteroatoms. The maximum Gasteiger partial charge on any atom is 0.264 e. The van der Waals surface area contributed by atoms with Crippen LogP contribution < -0.4 is 9.62 Å². The summed E-state index contributed by atoms with van der Waals surface area (Å²) in [6.07, 6.45) is 0.168. The fraction of sp³-hybridized carbons (Fsp3) is 0.257. The van der Waals surface area contributed by atoms with Gasteiger partial charge in [-0.2, -0.15) is 0 Å². The minimum absolute atomic E-state index is 0.00176. The summed E-state index contributed by atoms with van der Waals surface area (Å²) < 4.78 is 29.3. The summed E-state index contributed by atoms with van der Waals surface area (Å²) in [4.78, 5) is 29.9.